The number of nitrogens with zero attached hydrogens (tertiary/aromatic N) is 1. The summed E-state index contributed by atoms with van der Waals surface area (Å²) >= 11 is 1.38. The monoisotopic (exact) mass is 367 g/mol. The minimum Gasteiger partial charge on any atom is -0.454 e. The van der Waals surface area contributed by atoms with Crippen molar-refractivity contribution in [3.8, 4) is 22.8 Å². The molecule has 0 fully saturated rings. The smallest absolute Gasteiger partial charge is 0.321 e. The summed E-state index contributed by atoms with van der Waals surface area (Å²) in [6.45, 7) is 0.808. The summed E-state index contributed by atoms with van der Waals surface area (Å²) in [5, 5.41) is 8.07. The number of rotatable bonds is 5. The summed E-state index contributed by atoms with van der Waals surface area (Å²) in [4.78, 5) is 16.5. The first-order valence-electron chi connectivity index (χ1n) is 8.22. The highest BCUT2D eigenvalue weighted by atomic mass is 32.1. The van der Waals surface area contributed by atoms with E-state index in [1.54, 1.807) is 0 Å². The molecular formula is C19H17N3O3S. The maximum absolute atomic E-state index is 12.0. The Morgan fingerprint density at radius 1 is 1.12 bits per heavy atom. The molecule has 1 aliphatic heterocycles. The average molecular weight is 367 g/mol. The Morgan fingerprint density at radius 2 is 1.96 bits per heavy atom. The fourth-order valence-corrected chi connectivity index (χ4v) is 3.34. The lowest BCUT2D eigenvalue weighted by Crippen LogP contribution is -2.30. The zero-order chi connectivity index (χ0) is 17.8. The van der Waals surface area contributed by atoms with Gasteiger partial charge in [0.25, 0.3) is 0 Å². The minimum absolute atomic E-state index is 0.242. The fraction of sp³-hybridized carbons (Fsp3) is 0.158. The van der Waals surface area contributed by atoms with E-state index < -0.39 is 0 Å². The van der Waals surface area contributed by atoms with E-state index in [9.17, 15) is 4.79 Å². The Morgan fingerprint density at radius 3 is 2.85 bits per heavy atom. The van der Waals surface area contributed by atoms with Crippen LogP contribution in [0.15, 0.2) is 53.9 Å². The van der Waals surface area contributed by atoms with Gasteiger partial charge < -0.3 is 14.8 Å². The molecule has 1 aliphatic rings. The van der Waals surface area contributed by atoms with E-state index in [2.05, 4.69) is 15.6 Å². The Hall–Kier alpha value is -3.06. The number of thiazole rings is 1. The third-order valence-corrected chi connectivity index (χ3v) is 4.69. The van der Waals surface area contributed by atoms with Crippen molar-refractivity contribution in [2.75, 3.05) is 18.7 Å². The van der Waals surface area contributed by atoms with Crippen LogP contribution in [-0.2, 0) is 6.42 Å². The summed E-state index contributed by atoms with van der Waals surface area (Å²) in [6.07, 6.45) is 0.786. The number of aromatic nitrogens is 1. The molecular weight excluding hydrogens is 350 g/mol. The zero-order valence-electron chi connectivity index (χ0n) is 13.9. The molecule has 0 radical (unpaired) electrons. The van der Waals surface area contributed by atoms with Crippen LogP contribution in [0.3, 0.4) is 0 Å². The summed E-state index contributed by atoms with van der Waals surface area (Å²) in [5.41, 5.74) is 2.89. The lowest BCUT2D eigenvalue weighted by Gasteiger charge is -2.05. The number of urea groups is 1. The van der Waals surface area contributed by atoms with Gasteiger partial charge in [-0.2, -0.15) is 0 Å². The molecule has 0 atom stereocenters. The zero-order valence-corrected chi connectivity index (χ0v) is 14.7. The molecule has 2 amide bonds. The SMILES string of the molecule is O=C(NCCc1ccccc1)Nc1nc(-c2ccc3c(c2)OCO3)cs1. The number of hydrogen-bond donors (Lipinski definition) is 2. The van der Waals surface area contributed by atoms with Crippen LogP contribution < -0.4 is 20.1 Å². The van der Waals surface area contributed by atoms with Crippen LogP contribution in [0.4, 0.5) is 9.93 Å². The van der Waals surface area contributed by atoms with Crippen molar-refractivity contribution < 1.29 is 14.3 Å². The highest BCUT2D eigenvalue weighted by Gasteiger charge is 2.15. The second kappa shape index (κ2) is 7.45. The quantitative estimate of drug-likeness (QED) is 0.717. The van der Waals surface area contributed by atoms with Gasteiger partial charge in [0.1, 0.15) is 0 Å². The van der Waals surface area contributed by atoms with Crippen molar-refractivity contribution in [2.24, 2.45) is 0 Å². The minimum atomic E-state index is -0.257. The van der Waals surface area contributed by atoms with E-state index in [0.717, 1.165) is 23.4 Å². The molecule has 4 rings (SSSR count). The molecule has 26 heavy (non-hydrogen) atoms. The molecule has 2 N–H and O–H groups in total. The third kappa shape index (κ3) is 3.78. The van der Waals surface area contributed by atoms with Gasteiger partial charge in [-0.1, -0.05) is 30.3 Å². The number of fused-ring (bicyclic) bond motifs is 1. The van der Waals surface area contributed by atoms with Gasteiger partial charge in [-0.05, 0) is 30.2 Å². The van der Waals surface area contributed by atoms with Crippen LogP contribution in [0.5, 0.6) is 11.5 Å². The van der Waals surface area contributed by atoms with Gasteiger partial charge in [0, 0.05) is 17.5 Å². The Balaban J connectivity index is 1.32. The molecule has 0 unspecified atom stereocenters. The highest BCUT2D eigenvalue weighted by molar-refractivity contribution is 7.14. The number of ether oxygens (including phenoxy) is 2. The van der Waals surface area contributed by atoms with Gasteiger partial charge in [0.2, 0.25) is 6.79 Å². The number of anilines is 1. The number of benzene rings is 2. The molecule has 6 nitrogen and oxygen atoms in total. The first-order valence-corrected chi connectivity index (χ1v) is 9.10. The van der Waals surface area contributed by atoms with E-state index in [1.165, 1.54) is 16.9 Å². The molecule has 2 aromatic carbocycles. The Labute approximate surface area is 154 Å². The lowest BCUT2D eigenvalue weighted by molar-refractivity contribution is 0.174. The Bertz CT molecular complexity index is 911. The van der Waals surface area contributed by atoms with Crippen molar-refractivity contribution in [3.05, 3.63) is 59.5 Å². The Kier molecular flexibility index (Phi) is 4.70. The summed E-state index contributed by atoms with van der Waals surface area (Å²) < 4.78 is 10.7. The van der Waals surface area contributed by atoms with Crippen LogP contribution in [0.25, 0.3) is 11.3 Å². The second-order valence-corrected chi connectivity index (χ2v) is 6.58. The van der Waals surface area contributed by atoms with Crippen LogP contribution in [-0.4, -0.2) is 24.4 Å². The van der Waals surface area contributed by atoms with Crippen molar-refractivity contribution >= 4 is 22.5 Å². The van der Waals surface area contributed by atoms with Crippen LogP contribution in [0.1, 0.15) is 5.56 Å². The van der Waals surface area contributed by atoms with Gasteiger partial charge >= 0.3 is 6.03 Å². The van der Waals surface area contributed by atoms with E-state index in [1.807, 2.05) is 53.9 Å². The average Bonchev–Trinajstić information content (AvgIpc) is 3.31. The number of hydrogen-bond acceptors (Lipinski definition) is 5. The standard InChI is InChI=1S/C19H17N3O3S/c23-18(20-9-8-13-4-2-1-3-5-13)22-19-21-15(11-26-19)14-6-7-16-17(10-14)25-12-24-16/h1-7,10-11H,8-9,12H2,(H2,20,21,22,23). The van der Waals surface area contributed by atoms with Crippen molar-refractivity contribution in [2.45, 2.75) is 6.42 Å². The molecule has 0 saturated heterocycles. The van der Waals surface area contributed by atoms with Gasteiger partial charge in [0.05, 0.1) is 5.69 Å². The van der Waals surface area contributed by atoms with E-state index in [4.69, 9.17) is 9.47 Å². The molecule has 0 bridgehead atoms. The maximum Gasteiger partial charge on any atom is 0.321 e. The normalized spacial score (nSPS) is 12.0. The second-order valence-electron chi connectivity index (χ2n) is 5.72. The first-order chi connectivity index (χ1) is 12.8. The molecule has 1 aromatic heterocycles. The van der Waals surface area contributed by atoms with Gasteiger partial charge in [0.15, 0.2) is 16.6 Å². The molecule has 132 valence electrons. The van der Waals surface area contributed by atoms with Gasteiger partial charge in [-0.15, -0.1) is 11.3 Å². The van der Waals surface area contributed by atoms with Crippen molar-refractivity contribution in [3.63, 3.8) is 0 Å². The van der Waals surface area contributed by atoms with Crippen LogP contribution in [0, 0.1) is 0 Å². The summed E-state index contributed by atoms with van der Waals surface area (Å²) in [5.74, 6) is 1.45. The lowest BCUT2D eigenvalue weighted by atomic mass is 10.1. The topological polar surface area (TPSA) is 72.5 Å². The number of carbonyl (C=O) groups excluding carboxylic acids is 1. The number of carbonyl (C=O) groups is 1. The predicted molar refractivity (Wildman–Crippen MR) is 101 cm³/mol. The van der Waals surface area contributed by atoms with Crippen molar-refractivity contribution in [1.82, 2.24) is 10.3 Å². The fourth-order valence-electron chi connectivity index (χ4n) is 2.63. The molecule has 7 heteroatoms. The molecule has 0 saturated carbocycles. The molecule has 0 aliphatic carbocycles. The summed E-state index contributed by atoms with van der Waals surface area (Å²) in [7, 11) is 0. The highest BCUT2D eigenvalue weighted by Crippen LogP contribution is 2.36. The molecule has 2 heterocycles. The van der Waals surface area contributed by atoms with E-state index in [0.29, 0.717) is 17.4 Å². The van der Waals surface area contributed by atoms with Crippen LogP contribution in [0.2, 0.25) is 0 Å². The maximum atomic E-state index is 12.0. The third-order valence-electron chi connectivity index (χ3n) is 3.94. The van der Waals surface area contributed by atoms with Gasteiger partial charge in [-0.25, -0.2) is 9.78 Å². The first kappa shape index (κ1) is 16.4. The van der Waals surface area contributed by atoms with Crippen molar-refractivity contribution in [1.29, 1.82) is 0 Å². The molecule has 3 aromatic rings. The molecule has 0 spiro atoms. The van der Waals surface area contributed by atoms with E-state index >= 15 is 0 Å². The predicted octanol–water partition coefficient (Wildman–Crippen LogP) is 3.90. The van der Waals surface area contributed by atoms with Crippen LogP contribution >= 0.6 is 11.3 Å². The summed E-state index contributed by atoms with van der Waals surface area (Å²) in [6, 6.07) is 15.5. The van der Waals surface area contributed by atoms with Gasteiger partial charge in [-0.3, -0.25) is 5.32 Å². The van der Waals surface area contributed by atoms with E-state index in [-0.39, 0.29) is 12.8 Å². The number of amides is 2. The number of nitrogens with one attached hydrogen (secondary N) is 2. The largest absolute Gasteiger partial charge is 0.454 e.